The van der Waals surface area contributed by atoms with Gasteiger partial charge in [0, 0.05) is 30.5 Å². The molecule has 8 heteroatoms. The molecule has 0 aliphatic rings. The topological polar surface area (TPSA) is 68.9 Å². The minimum Gasteiger partial charge on any atom is -0.302 e. The number of fused-ring (bicyclic) bond motifs is 1. The van der Waals surface area contributed by atoms with Crippen molar-refractivity contribution in [3.8, 4) is 11.3 Å². The summed E-state index contributed by atoms with van der Waals surface area (Å²) in [6, 6.07) is 13.6. The number of hydrogen-bond acceptors (Lipinski definition) is 4. The van der Waals surface area contributed by atoms with E-state index in [2.05, 4.69) is 10.3 Å². The summed E-state index contributed by atoms with van der Waals surface area (Å²) in [5.41, 5.74) is 3.02. The molecule has 29 heavy (non-hydrogen) atoms. The van der Waals surface area contributed by atoms with Crippen LogP contribution in [0.4, 0.5) is 9.52 Å². The fraction of sp³-hybridized carbons (Fsp3) is 0.190. The fourth-order valence-electron chi connectivity index (χ4n) is 3.27. The Labute approximate surface area is 170 Å². The number of para-hydroxylation sites is 2. The molecule has 148 valence electrons. The van der Waals surface area contributed by atoms with Gasteiger partial charge in [-0.05, 0) is 43.3 Å². The Morgan fingerprint density at radius 2 is 1.79 bits per heavy atom. The van der Waals surface area contributed by atoms with Gasteiger partial charge in [-0.3, -0.25) is 13.9 Å². The largest absolute Gasteiger partial charge is 0.329 e. The van der Waals surface area contributed by atoms with Crippen molar-refractivity contribution in [2.75, 3.05) is 5.32 Å². The van der Waals surface area contributed by atoms with E-state index in [1.165, 1.54) is 23.5 Å². The Bertz CT molecular complexity index is 1220. The number of rotatable bonds is 6. The van der Waals surface area contributed by atoms with E-state index in [0.717, 1.165) is 16.6 Å². The second-order valence-corrected chi connectivity index (χ2v) is 7.37. The second kappa shape index (κ2) is 8.00. The number of imidazole rings is 1. The molecule has 0 spiro atoms. The van der Waals surface area contributed by atoms with E-state index in [1.54, 1.807) is 21.3 Å². The third-order valence-corrected chi connectivity index (χ3v) is 5.45. The predicted octanol–water partition coefficient (Wildman–Crippen LogP) is 4.11. The van der Waals surface area contributed by atoms with E-state index in [0.29, 0.717) is 17.4 Å². The SMILES string of the molecule is CCn1c(=O)n(CCC(=O)Nc2nc(-c3ccc(F)cc3)cs2)c2ccccc21. The third-order valence-electron chi connectivity index (χ3n) is 4.69. The van der Waals surface area contributed by atoms with Crippen molar-refractivity contribution in [2.24, 2.45) is 0 Å². The number of aryl methyl sites for hydroxylation is 2. The number of aromatic nitrogens is 3. The zero-order valence-corrected chi connectivity index (χ0v) is 16.6. The first-order valence-electron chi connectivity index (χ1n) is 9.26. The summed E-state index contributed by atoms with van der Waals surface area (Å²) >= 11 is 1.30. The lowest BCUT2D eigenvalue weighted by Crippen LogP contribution is -2.25. The number of thiazole rings is 1. The van der Waals surface area contributed by atoms with Crippen molar-refractivity contribution in [1.29, 1.82) is 0 Å². The summed E-state index contributed by atoms with van der Waals surface area (Å²) in [5.74, 6) is -0.526. The quantitative estimate of drug-likeness (QED) is 0.520. The monoisotopic (exact) mass is 410 g/mol. The summed E-state index contributed by atoms with van der Waals surface area (Å²) in [5, 5.41) is 5.05. The maximum absolute atomic E-state index is 13.1. The van der Waals surface area contributed by atoms with Crippen LogP contribution in [0.5, 0.6) is 0 Å². The van der Waals surface area contributed by atoms with Crippen LogP contribution in [0.1, 0.15) is 13.3 Å². The zero-order chi connectivity index (χ0) is 20.4. The Morgan fingerprint density at radius 3 is 2.48 bits per heavy atom. The number of nitrogens with one attached hydrogen (secondary N) is 1. The molecule has 2 aromatic heterocycles. The Hall–Kier alpha value is -3.26. The molecule has 0 saturated carbocycles. The van der Waals surface area contributed by atoms with Gasteiger partial charge in [-0.1, -0.05) is 12.1 Å². The van der Waals surface area contributed by atoms with E-state index >= 15 is 0 Å². The fourth-order valence-corrected chi connectivity index (χ4v) is 4.01. The number of benzene rings is 2. The maximum Gasteiger partial charge on any atom is 0.329 e. The number of hydrogen-bond donors (Lipinski definition) is 1. The van der Waals surface area contributed by atoms with Crippen LogP contribution >= 0.6 is 11.3 Å². The molecule has 0 saturated heterocycles. The molecule has 2 aromatic carbocycles. The number of carbonyl (C=O) groups excluding carboxylic acids is 1. The van der Waals surface area contributed by atoms with E-state index in [9.17, 15) is 14.0 Å². The first-order chi connectivity index (χ1) is 14.1. The Kier molecular flexibility index (Phi) is 5.26. The molecule has 0 unspecified atom stereocenters. The molecular formula is C21H19FN4O2S. The summed E-state index contributed by atoms with van der Waals surface area (Å²) in [4.78, 5) is 29.4. The lowest BCUT2D eigenvalue weighted by molar-refractivity contribution is -0.116. The van der Waals surface area contributed by atoms with Crippen LogP contribution in [0.15, 0.2) is 58.7 Å². The lowest BCUT2D eigenvalue weighted by Gasteiger charge is -2.04. The van der Waals surface area contributed by atoms with E-state index in [1.807, 2.05) is 36.6 Å². The predicted molar refractivity (Wildman–Crippen MR) is 113 cm³/mol. The molecule has 2 heterocycles. The van der Waals surface area contributed by atoms with E-state index in [4.69, 9.17) is 0 Å². The number of carbonyl (C=O) groups is 1. The Balaban J connectivity index is 1.45. The number of nitrogens with zero attached hydrogens (tertiary/aromatic N) is 3. The first-order valence-corrected chi connectivity index (χ1v) is 10.1. The summed E-state index contributed by atoms with van der Waals surface area (Å²) in [7, 11) is 0. The molecule has 0 radical (unpaired) electrons. The van der Waals surface area contributed by atoms with Gasteiger partial charge >= 0.3 is 5.69 Å². The summed E-state index contributed by atoms with van der Waals surface area (Å²) in [6.07, 6.45) is 0.156. The highest BCUT2D eigenvalue weighted by molar-refractivity contribution is 7.14. The lowest BCUT2D eigenvalue weighted by atomic mass is 10.2. The Morgan fingerprint density at radius 1 is 1.10 bits per heavy atom. The zero-order valence-electron chi connectivity index (χ0n) is 15.8. The molecular weight excluding hydrogens is 391 g/mol. The molecule has 0 aliphatic heterocycles. The van der Waals surface area contributed by atoms with E-state index < -0.39 is 0 Å². The minimum atomic E-state index is -0.308. The highest BCUT2D eigenvalue weighted by Gasteiger charge is 2.14. The van der Waals surface area contributed by atoms with Crippen molar-refractivity contribution in [2.45, 2.75) is 26.4 Å². The van der Waals surface area contributed by atoms with Gasteiger partial charge < -0.3 is 5.32 Å². The van der Waals surface area contributed by atoms with Crippen molar-refractivity contribution in [1.82, 2.24) is 14.1 Å². The first kappa shape index (κ1) is 19.1. The van der Waals surface area contributed by atoms with Crippen molar-refractivity contribution < 1.29 is 9.18 Å². The average Bonchev–Trinajstić information content (AvgIpc) is 3.29. The number of anilines is 1. The minimum absolute atomic E-state index is 0.116. The van der Waals surface area contributed by atoms with Crippen LogP contribution in [-0.2, 0) is 17.9 Å². The molecule has 0 aliphatic carbocycles. The standard InChI is InChI=1S/C21H19FN4O2S/c1-2-25-17-5-3-4-6-18(17)26(21(25)28)12-11-19(27)24-20-23-16(13-29-20)14-7-9-15(22)10-8-14/h3-10,13H,2,11-12H2,1H3,(H,23,24,27). The van der Waals surface area contributed by atoms with Crippen LogP contribution in [-0.4, -0.2) is 20.0 Å². The smallest absolute Gasteiger partial charge is 0.302 e. The van der Waals surface area contributed by atoms with Gasteiger partial charge in [0.15, 0.2) is 5.13 Å². The van der Waals surface area contributed by atoms with Gasteiger partial charge in [0.05, 0.1) is 16.7 Å². The van der Waals surface area contributed by atoms with Crippen molar-refractivity contribution >= 4 is 33.4 Å². The average molecular weight is 410 g/mol. The molecule has 0 atom stereocenters. The van der Waals surface area contributed by atoms with Gasteiger partial charge in [0.1, 0.15) is 5.82 Å². The molecule has 0 bridgehead atoms. The van der Waals surface area contributed by atoms with Gasteiger partial charge in [-0.25, -0.2) is 14.2 Å². The molecule has 6 nitrogen and oxygen atoms in total. The van der Waals surface area contributed by atoms with Gasteiger partial charge in [-0.2, -0.15) is 0 Å². The highest BCUT2D eigenvalue weighted by Crippen LogP contribution is 2.25. The molecule has 4 rings (SSSR count). The molecule has 4 aromatic rings. The van der Waals surface area contributed by atoms with Crippen molar-refractivity contribution in [3.63, 3.8) is 0 Å². The van der Waals surface area contributed by atoms with Crippen LogP contribution < -0.4 is 11.0 Å². The normalized spacial score (nSPS) is 11.1. The second-order valence-electron chi connectivity index (χ2n) is 6.51. The van der Waals surface area contributed by atoms with Crippen LogP contribution in [0.25, 0.3) is 22.3 Å². The third kappa shape index (κ3) is 3.84. The number of halogens is 1. The van der Waals surface area contributed by atoms with Crippen LogP contribution in [0, 0.1) is 5.82 Å². The van der Waals surface area contributed by atoms with Crippen molar-refractivity contribution in [3.05, 3.63) is 70.2 Å². The van der Waals surface area contributed by atoms with Crippen LogP contribution in [0.3, 0.4) is 0 Å². The van der Waals surface area contributed by atoms with Gasteiger partial charge in [0.25, 0.3) is 0 Å². The van der Waals surface area contributed by atoms with Crippen LogP contribution in [0.2, 0.25) is 0 Å². The summed E-state index contributed by atoms with van der Waals surface area (Å²) < 4.78 is 16.4. The van der Waals surface area contributed by atoms with E-state index in [-0.39, 0.29) is 30.4 Å². The molecule has 1 amide bonds. The molecule has 0 fully saturated rings. The summed E-state index contributed by atoms with van der Waals surface area (Å²) in [6.45, 7) is 2.78. The molecule has 1 N–H and O–H groups in total. The number of amides is 1. The van der Waals surface area contributed by atoms with Gasteiger partial charge in [-0.15, -0.1) is 11.3 Å². The highest BCUT2D eigenvalue weighted by atomic mass is 32.1. The maximum atomic E-state index is 13.1. The van der Waals surface area contributed by atoms with Gasteiger partial charge in [0.2, 0.25) is 5.91 Å².